The third-order valence-electron chi connectivity index (χ3n) is 5.84. The highest BCUT2D eigenvalue weighted by molar-refractivity contribution is 7.92. The van der Waals surface area contributed by atoms with Gasteiger partial charge in [-0.05, 0) is 49.4 Å². The van der Waals surface area contributed by atoms with Gasteiger partial charge >= 0.3 is 0 Å². The molecule has 0 bridgehead atoms. The number of amides is 1. The van der Waals surface area contributed by atoms with Crippen molar-refractivity contribution in [1.82, 2.24) is 13.9 Å². The standard InChI is InChI=1S/C20H29N3O6S2/c1-3-30(25,26)21-14-16-8-11-23(15-16)31(27,28)19-6-4-17(5-7-19)20(24)22(2)18-9-12-29-13-10-18/h3-7,16,18,21H,1,8-15H2,2H3. The molecule has 1 amide bonds. The highest BCUT2D eigenvalue weighted by Gasteiger charge is 2.33. The van der Waals surface area contributed by atoms with Crippen LogP contribution in [0.15, 0.2) is 41.1 Å². The number of ether oxygens (including phenoxy) is 1. The lowest BCUT2D eigenvalue weighted by atomic mass is 10.1. The molecule has 11 heteroatoms. The predicted octanol–water partition coefficient (Wildman–Crippen LogP) is 1.01. The van der Waals surface area contributed by atoms with Crippen molar-refractivity contribution in [3.05, 3.63) is 41.8 Å². The molecular weight excluding hydrogens is 442 g/mol. The van der Waals surface area contributed by atoms with Crippen LogP contribution in [0.2, 0.25) is 0 Å². The Kier molecular flexibility index (Phi) is 7.53. The SMILES string of the molecule is C=CS(=O)(=O)NCC1CCN(S(=O)(=O)c2ccc(C(=O)N(C)C3CCOCC3)cc2)C1. The first-order valence-electron chi connectivity index (χ1n) is 10.2. The summed E-state index contributed by atoms with van der Waals surface area (Å²) in [6.07, 6.45) is 2.13. The van der Waals surface area contributed by atoms with Gasteiger partial charge in [0, 0.05) is 56.9 Å². The number of carbonyl (C=O) groups is 1. The van der Waals surface area contributed by atoms with E-state index >= 15 is 0 Å². The minimum absolute atomic E-state index is 0.113. The van der Waals surface area contributed by atoms with Crippen LogP contribution in [-0.2, 0) is 24.8 Å². The second-order valence-electron chi connectivity index (χ2n) is 7.86. The molecule has 2 aliphatic heterocycles. The molecule has 0 spiro atoms. The Morgan fingerprint density at radius 1 is 1.19 bits per heavy atom. The van der Waals surface area contributed by atoms with Crippen molar-refractivity contribution in [3.8, 4) is 0 Å². The predicted molar refractivity (Wildman–Crippen MR) is 116 cm³/mol. The van der Waals surface area contributed by atoms with E-state index in [2.05, 4.69) is 11.3 Å². The highest BCUT2D eigenvalue weighted by atomic mass is 32.2. The lowest BCUT2D eigenvalue weighted by Gasteiger charge is -2.31. The summed E-state index contributed by atoms with van der Waals surface area (Å²) in [5.74, 6) is -0.259. The molecule has 1 aromatic rings. The van der Waals surface area contributed by atoms with E-state index in [1.165, 1.54) is 28.6 Å². The molecule has 2 aliphatic rings. The van der Waals surface area contributed by atoms with Gasteiger partial charge in [-0.2, -0.15) is 4.31 Å². The molecule has 0 radical (unpaired) electrons. The van der Waals surface area contributed by atoms with E-state index in [4.69, 9.17) is 4.74 Å². The molecule has 1 atom stereocenters. The molecule has 0 saturated carbocycles. The van der Waals surface area contributed by atoms with Crippen LogP contribution in [0.4, 0.5) is 0 Å². The lowest BCUT2D eigenvalue weighted by Crippen LogP contribution is -2.40. The number of nitrogens with one attached hydrogen (secondary N) is 1. The summed E-state index contributed by atoms with van der Waals surface area (Å²) >= 11 is 0. The van der Waals surface area contributed by atoms with Crippen molar-refractivity contribution in [3.63, 3.8) is 0 Å². The van der Waals surface area contributed by atoms with Gasteiger partial charge in [0.1, 0.15) is 0 Å². The fraction of sp³-hybridized carbons (Fsp3) is 0.550. The van der Waals surface area contributed by atoms with Crippen LogP contribution in [0.1, 0.15) is 29.6 Å². The maximum absolute atomic E-state index is 13.0. The number of nitrogens with zero attached hydrogens (tertiary/aromatic N) is 2. The van der Waals surface area contributed by atoms with Gasteiger partial charge in [0.2, 0.25) is 20.0 Å². The lowest BCUT2D eigenvalue weighted by molar-refractivity contribution is 0.0362. The van der Waals surface area contributed by atoms with Crippen molar-refractivity contribution in [2.75, 3.05) is 39.9 Å². The summed E-state index contributed by atoms with van der Waals surface area (Å²) < 4.78 is 58.0. The molecule has 9 nitrogen and oxygen atoms in total. The fourth-order valence-electron chi connectivity index (χ4n) is 3.84. The van der Waals surface area contributed by atoms with Crippen LogP contribution in [-0.4, -0.2) is 77.9 Å². The zero-order valence-electron chi connectivity index (χ0n) is 17.6. The van der Waals surface area contributed by atoms with Gasteiger partial charge in [0.05, 0.1) is 4.90 Å². The Labute approximate surface area is 184 Å². The van der Waals surface area contributed by atoms with Crippen molar-refractivity contribution in [2.45, 2.75) is 30.2 Å². The van der Waals surface area contributed by atoms with E-state index in [0.717, 1.165) is 18.2 Å². The molecule has 1 unspecified atom stereocenters. The Balaban J connectivity index is 1.63. The molecule has 1 N–H and O–H groups in total. The third kappa shape index (κ3) is 5.72. The molecule has 1 aromatic carbocycles. The number of benzene rings is 1. The first kappa shape index (κ1) is 23.9. The van der Waals surface area contributed by atoms with Crippen LogP contribution < -0.4 is 4.72 Å². The van der Waals surface area contributed by atoms with Crippen LogP contribution >= 0.6 is 0 Å². The average Bonchev–Trinajstić information content (AvgIpc) is 3.28. The molecule has 2 heterocycles. The van der Waals surface area contributed by atoms with E-state index in [0.29, 0.717) is 31.7 Å². The average molecular weight is 472 g/mol. The second kappa shape index (κ2) is 9.78. The molecule has 31 heavy (non-hydrogen) atoms. The van der Waals surface area contributed by atoms with Crippen LogP contribution in [0.5, 0.6) is 0 Å². The third-order valence-corrected chi connectivity index (χ3v) is 8.73. The maximum Gasteiger partial charge on any atom is 0.253 e. The summed E-state index contributed by atoms with van der Waals surface area (Å²) in [4.78, 5) is 14.6. The van der Waals surface area contributed by atoms with Crippen LogP contribution in [0, 0.1) is 5.92 Å². The quantitative estimate of drug-likeness (QED) is 0.606. The van der Waals surface area contributed by atoms with Gasteiger partial charge < -0.3 is 9.64 Å². The van der Waals surface area contributed by atoms with Crippen molar-refractivity contribution in [1.29, 1.82) is 0 Å². The number of hydrogen-bond acceptors (Lipinski definition) is 6. The van der Waals surface area contributed by atoms with Gasteiger partial charge in [-0.1, -0.05) is 6.58 Å². The van der Waals surface area contributed by atoms with Gasteiger partial charge in [-0.15, -0.1) is 0 Å². The van der Waals surface area contributed by atoms with Crippen molar-refractivity contribution >= 4 is 26.0 Å². The van der Waals surface area contributed by atoms with Crippen molar-refractivity contribution < 1.29 is 26.4 Å². The van der Waals surface area contributed by atoms with Gasteiger partial charge in [0.15, 0.2) is 0 Å². The molecule has 2 fully saturated rings. The zero-order chi connectivity index (χ0) is 22.6. The van der Waals surface area contributed by atoms with E-state index in [1.807, 2.05) is 0 Å². The number of rotatable bonds is 8. The minimum atomic E-state index is -3.72. The number of carbonyl (C=O) groups excluding carboxylic acids is 1. The molecule has 0 aromatic heterocycles. The second-order valence-corrected chi connectivity index (χ2v) is 11.5. The van der Waals surface area contributed by atoms with Gasteiger partial charge in [-0.3, -0.25) is 4.79 Å². The first-order chi connectivity index (χ1) is 14.6. The van der Waals surface area contributed by atoms with E-state index < -0.39 is 20.0 Å². The number of hydrogen-bond donors (Lipinski definition) is 1. The van der Waals surface area contributed by atoms with Crippen LogP contribution in [0.3, 0.4) is 0 Å². The molecular formula is C20H29N3O6S2. The van der Waals surface area contributed by atoms with E-state index in [9.17, 15) is 21.6 Å². The number of sulfonamides is 2. The van der Waals surface area contributed by atoms with Gasteiger partial charge in [0.25, 0.3) is 5.91 Å². The Morgan fingerprint density at radius 3 is 2.45 bits per heavy atom. The summed E-state index contributed by atoms with van der Waals surface area (Å²) in [5, 5.41) is 0.832. The van der Waals surface area contributed by atoms with E-state index in [1.54, 1.807) is 11.9 Å². The minimum Gasteiger partial charge on any atom is -0.381 e. The summed E-state index contributed by atoms with van der Waals surface area (Å²) in [7, 11) is -5.50. The topological polar surface area (TPSA) is 113 Å². The van der Waals surface area contributed by atoms with Crippen LogP contribution in [0.25, 0.3) is 0 Å². The van der Waals surface area contributed by atoms with E-state index in [-0.39, 0.29) is 35.9 Å². The smallest absolute Gasteiger partial charge is 0.253 e. The normalized spacial score (nSPS) is 21.1. The Morgan fingerprint density at radius 2 is 1.84 bits per heavy atom. The Hall–Kier alpha value is -1.79. The highest BCUT2D eigenvalue weighted by Crippen LogP contribution is 2.25. The largest absolute Gasteiger partial charge is 0.381 e. The molecule has 3 rings (SSSR count). The summed E-state index contributed by atoms with van der Waals surface area (Å²) in [6.45, 7) is 5.21. The molecule has 2 saturated heterocycles. The van der Waals surface area contributed by atoms with Crippen molar-refractivity contribution in [2.24, 2.45) is 5.92 Å². The molecule has 0 aliphatic carbocycles. The summed E-state index contributed by atoms with van der Waals surface area (Å²) in [5.41, 5.74) is 0.436. The summed E-state index contributed by atoms with van der Waals surface area (Å²) in [6, 6.07) is 6.10. The maximum atomic E-state index is 13.0. The fourth-order valence-corrected chi connectivity index (χ4v) is 5.95. The first-order valence-corrected chi connectivity index (χ1v) is 13.2. The molecule has 172 valence electrons. The zero-order valence-corrected chi connectivity index (χ0v) is 19.2. The Bertz CT molecular complexity index is 1000. The van der Waals surface area contributed by atoms with Gasteiger partial charge in [-0.25, -0.2) is 21.6 Å². The monoisotopic (exact) mass is 471 g/mol.